The molecule has 2 unspecified atom stereocenters. The molecule has 1 aliphatic heterocycles. The number of ether oxygens (including phenoxy) is 1. The van der Waals surface area contributed by atoms with Crippen molar-refractivity contribution in [2.45, 2.75) is 19.0 Å². The van der Waals surface area contributed by atoms with Gasteiger partial charge in [-0.05, 0) is 24.6 Å². The zero-order chi connectivity index (χ0) is 13.0. The summed E-state index contributed by atoms with van der Waals surface area (Å²) < 4.78 is 5.21. The van der Waals surface area contributed by atoms with Crippen LogP contribution in [-0.4, -0.2) is 42.6 Å². The van der Waals surface area contributed by atoms with E-state index in [4.69, 9.17) is 10.5 Å². The Morgan fingerprint density at radius 3 is 2.33 bits per heavy atom. The van der Waals surface area contributed by atoms with Crippen LogP contribution in [0.25, 0.3) is 0 Å². The Morgan fingerprint density at radius 2 is 1.83 bits per heavy atom. The van der Waals surface area contributed by atoms with E-state index in [2.05, 4.69) is 24.0 Å². The molecule has 2 atom stereocenters. The van der Waals surface area contributed by atoms with Crippen molar-refractivity contribution in [3.63, 3.8) is 0 Å². The minimum absolute atomic E-state index is 0.140. The van der Waals surface area contributed by atoms with E-state index < -0.39 is 0 Å². The minimum atomic E-state index is 0.140. The summed E-state index contributed by atoms with van der Waals surface area (Å²) in [5.41, 5.74) is 7.48. The molecule has 0 aromatic heterocycles. The van der Waals surface area contributed by atoms with Gasteiger partial charge in [-0.25, -0.2) is 0 Å². The van der Waals surface area contributed by atoms with Gasteiger partial charge in [-0.15, -0.1) is 0 Å². The molecule has 2 N–H and O–H groups in total. The molecule has 1 aromatic rings. The summed E-state index contributed by atoms with van der Waals surface area (Å²) in [7, 11) is 1.69. The second-order valence-corrected chi connectivity index (χ2v) is 5.95. The van der Waals surface area contributed by atoms with Crippen molar-refractivity contribution in [1.29, 1.82) is 0 Å². The third-order valence-electron chi connectivity index (χ3n) is 3.39. The molecule has 0 aliphatic carbocycles. The van der Waals surface area contributed by atoms with E-state index in [-0.39, 0.29) is 6.04 Å². The number of thioether (sulfide) groups is 1. The Hall–Kier alpha value is -0.710. The van der Waals surface area contributed by atoms with Crippen molar-refractivity contribution in [2.24, 2.45) is 5.73 Å². The molecule has 0 saturated carbocycles. The Labute approximate surface area is 114 Å². The second-order valence-electron chi connectivity index (χ2n) is 4.73. The summed E-state index contributed by atoms with van der Waals surface area (Å²) >= 11 is 2.03. The zero-order valence-corrected chi connectivity index (χ0v) is 12.0. The van der Waals surface area contributed by atoms with Crippen LogP contribution in [0.1, 0.15) is 18.5 Å². The predicted octanol–water partition coefficient (Wildman–Crippen LogP) is 2.13. The van der Waals surface area contributed by atoms with Crippen LogP contribution in [0.15, 0.2) is 24.3 Å². The highest BCUT2D eigenvalue weighted by molar-refractivity contribution is 7.99. The predicted molar refractivity (Wildman–Crippen MR) is 78.3 cm³/mol. The molecule has 0 amide bonds. The van der Waals surface area contributed by atoms with Crippen LogP contribution in [0.3, 0.4) is 0 Å². The lowest BCUT2D eigenvalue weighted by Crippen LogP contribution is -2.43. The summed E-state index contributed by atoms with van der Waals surface area (Å²) in [5, 5.41) is 0. The topological polar surface area (TPSA) is 38.5 Å². The van der Waals surface area contributed by atoms with Gasteiger partial charge >= 0.3 is 0 Å². The maximum absolute atomic E-state index is 6.19. The molecule has 1 aromatic carbocycles. The van der Waals surface area contributed by atoms with Crippen molar-refractivity contribution in [3.05, 3.63) is 29.8 Å². The SMILES string of the molecule is COc1ccc(C(C(C)N)N2CCSCC2)cc1. The van der Waals surface area contributed by atoms with Gasteiger partial charge in [-0.3, -0.25) is 4.90 Å². The Kier molecular flexibility index (Phi) is 4.92. The highest BCUT2D eigenvalue weighted by Crippen LogP contribution is 2.27. The van der Waals surface area contributed by atoms with Crippen molar-refractivity contribution in [1.82, 2.24) is 4.90 Å². The highest BCUT2D eigenvalue weighted by atomic mass is 32.2. The van der Waals surface area contributed by atoms with E-state index in [1.165, 1.54) is 17.1 Å². The third kappa shape index (κ3) is 3.19. The average molecular weight is 266 g/mol. The molecule has 3 nitrogen and oxygen atoms in total. The molecule has 1 aliphatic rings. The number of benzene rings is 1. The molecule has 1 heterocycles. The van der Waals surface area contributed by atoms with Gasteiger partial charge in [-0.1, -0.05) is 12.1 Å². The molecule has 1 fully saturated rings. The molecule has 100 valence electrons. The number of hydrogen-bond donors (Lipinski definition) is 1. The number of nitrogens with two attached hydrogens (primary N) is 1. The molecule has 0 spiro atoms. The van der Waals surface area contributed by atoms with Crippen molar-refractivity contribution in [2.75, 3.05) is 31.7 Å². The summed E-state index contributed by atoms with van der Waals surface area (Å²) in [6, 6.07) is 8.76. The van der Waals surface area contributed by atoms with Crippen LogP contribution >= 0.6 is 11.8 Å². The summed E-state index contributed by atoms with van der Waals surface area (Å²) in [4.78, 5) is 2.50. The van der Waals surface area contributed by atoms with Gasteiger partial charge in [0.2, 0.25) is 0 Å². The molecule has 0 bridgehead atoms. The van der Waals surface area contributed by atoms with Crippen molar-refractivity contribution >= 4 is 11.8 Å². The first-order chi connectivity index (χ1) is 8.72. The van der Waals surface area contributed by atoms with Gasteiger partial charge in [-0.2, -0.15) is 11.8 Å². The highest BCUT2D eigenvalue weighted by Gasteiger charge is 2.25. The van der Waals surface area contributed by atoms with E-state index >= 15 is 0 Å². The first-order valence-corrected chi connectivity index (χ1v) is 7.59. The average Bonchev–Trinajstić information content (AvgIpc) is 2.40. The Balaban J connectivity index is 2.17. The number of nitrogens with zero attached hydrogens (tertiary/aromatic N) is 1. The molecule has 4 heteroatoms. The zero-order valence-electron chi connectivity index (χ0n) is 11.1. The van der Waals surface area contributed by atoms with E-state index in [0.717, 1.165) is 18.8 Å². The van der Waals surface area contributed by atoms with Crippen molar-refractivity contribution in [3.8, 4) is 5.75 Å². The Bertz CT molecular complexity index is 361. The van der Waals surface area contributed by atoms with Gasteiger partial charge in [0.25, 0.3) is 0 Å². The lowest BCUT2D eigenvalue weighted by atomic mass is 9.99. The Morgan fingerprint density at radius 1 is 1.22 bits per heavy atom. The number of hydrogen-bond acceptors (Lipinski definition) is 4. The lowest BCUT2D eigenvalue weighted by Gasteiger charge is -2.36. The smallest absolute Gasteiger partial charge is 0.118 e. The van der Waals surface area contributed by atoms with E-state index in [1.807, 2.05) is 23.9 Å². The van der Waals surface area contributed by atoms with Crippen LogP contribution < -0.4 is 10.5 Å². The fraction of sp³-hybridized carbons (Fsp3) is 0.571. The summed E-state index contributed by atoms with van der Waals surface area (Å²) in [6.45, 7) is 4.35. The first kappa shape index (κ1) is 13.7. The monoisotopic (exact) mass is 266 g/mol. The number of methoxy groups -OCH3 is 1. The molecular weight excluding hydrogens is 244 g/mol. The van der Waals surface area contributed by atoms with E-state index in [9.17, 15) is 0 Å². The van der Waals surface area contributed by atoms with Gasteiger partial charge in [0.15, 0.2) is 0 Å². The van der Waals surface area contributed by atoms with Crippen LogP contribution in [0.5, 0.6) is 5.75 Å². The fourth-order valence-corrected chi connectivity index (χ4v) is 3.43. The molecule has 18 heavy (non-hydrogen) atoms. The van der Waals surface area contributed by atoms with Crippen LogP contribution in [0.2, 0.25) is 0 Å². The number of rotatable bonds is 4. The minimum Gasteiger partial charge on any atom is -0.497 e. The van der Waals surface area contributed by atoms with E-state index in [1.54, 1.807) is 7.11 Å². The summed E-state index contributed by atoms with van der Waals surface area (Å²) in [5.74, 6) is 3.31. The van der Waals surface area contributed by atoms with Gasteiger partial charge in [0, 0.05) is 36.7 Å². The van der Waals surface area contributed by atoms with Gasteiger partial charge in [0.1, 0.15) is 5.75 Å². The second kappa shape index (κ2) is 6.45. The normalized spacial score (nSPS) is 20.4. The van der Waals surface area contributed by atoms with Crippen LogP contribution in [0, 0.1) is 0 Å². The fourth-order valence-electron chi connectivity index (χ4n) is 2.50. The van der Waals surface area contributed by atoms with Crippen molar-refractivity contribution < 1.29 is 4.74 Å². The quantitative estimate of drug-likeness (QED) is 0.906. The standard InChI is InChI=1S/C14H22N2OS/c1-11(15)14(16-7-9-18-10-8-16)12-3-5-13(17-2)6-4-12/h3-6,11,14H,7-10,15H2,1-2H3. The molecule has 0 radical (unpaired) electrons. The lowest BCUT2D eigenvalue weighted by molar-refractivity contribution is 0.195. The van der Waals surface area contributed by atoms with Gasteiger partial charge in [0.05, 0.1) is 7.11 Å². The van der Waals surface area contributed by atoms with E-state index in [0.29, 0.717) is 6.04 Å². The maximum atomic E-state index is 6.19. The molecule has 1 saturated heterocycles. The third-order valence-corrected chi connectivity index (χ3v) is 4.34. The van der Waals surface area contributed by atoms with Gasteiger partial charge < -0.3 is 10.5 Å². The van der Waals surface area contributed by atoms with Crippen LogP contribution in [-0.2, 0) is 0 Å². The first-order valence-electron chi connectivity index (χ1n) is 6.43. The molecule has 2 rings (SSSR count). The van der Waals surface area contributed by atoms with Crippen LogP contribution in [0.4, 0.5) is 0 Å². The summed E-state index contributed by atoms with van der Waals surface area (Å²) in [6.07, 6.45) is 0. The molecular formula is C14H22N2OS. The largest absolute Gasteiger partial charge is 0.497 e. The maximum Gasteiger partial charge on any atom is 0.118 e.